The highest BCUT2D eigenvalue weighted by Crippen LogP contribution is 2.36. The van der Waals surface area contributed by atoms with Crippen molar-refractivity contribution in [3.63, 3.8) is 0 Å². The van der Waals surface area contributed by atoms with Crippen LogP contribution in [0.3, 0.4) is 0 Å². The summed E-state index contributed by atoms with van der Waals surface area (Å²) in [6.45, 7) is 1.96. The van der Waals surface area contributed by atoms with Crippen LogP contribution in [-0.4, -0.2) is 30.3 Å². The molecule has 3 heteroatoms. The number of para-hydroxylation sites is 1. The first kappa shape index (κ1) is 12.9. The second kappa shape index (κ2) is 5.51. The maximum absolute atomic E-state index is 10.1. The molecule has 2 fully saturated rings. The minimum Gasteiger partial charge on any atom is -0.393 e. The van der Waals surface area contributed by atoms with E-state index in [1.165, 1.54) is 18.5 Å². The van der Waals surface area contributed by atoms with Crippen molar-refractivity contribution in [2.45, 2.75) is 37.8 Å². The Bertz CT molecular complexity index is 404. The molecule has 3 nitrogen and oxygen atoms in total. The fourth-order valence-corrected chi connectivity index (χ4v) is 3.28. The molecule has 0 bridgehead atoms. The molecule has 0 aromatic heterocycles. The van der Waals surface area contributed by atoms with E-state index < -0.39 is 0 Å². The first-order chi connectivity index (χ1) is 9.22. The summed E-state index contributed by atoms with van der Waals surface area (Å²) in [5.74, 6) is 1.10. The van der Waals surface area contributed by atoms with Crippen molar-refractivity contribution in [2.75, 3.05) is 18.0 Å². The monoisotopic (exact) mass is 260 g/mol. The number of rotatable bonds is 4. The van der Waals surface area contributed by atoms with Gasteiger partial charge in [-0.15, -0.1) is 0 Å². The van der Waals surface area contributed by atoms with Gasteiger partial charge in [0.2, 0.25) is 0 Å². The second-order valence-corrected chi connectivity index (χ2v) is 6.24. The largest absolute Gasteiger partial charge is 0.393 e. The second-order valence-electron chi connectivity index (χ2n) is 6.24. The summed E-state index contributed by atoms with van der Waals surface area (Å²) in [5, 5.41) is 10.1. The molecule has 3 N–H and O–H groups in total. The van der Waals surface area contributed by atoms with Gasteiger partial charge in [0.05, 0.1) is 6.10 Å². The zero-order valence-electron chi connectivity index (χ0n) is 11.4. The lowest BCUT2D eigenvalue weighted by atomic mass is 9.88. The van der Waals surface area contributed by atoms with Gasteiger partial charge in [-0.3, -0.25) is 0 Å². The Morgan fingerprint density at radius 3 is 2.63 bits per heavy atom. The Labute approximate surface area is 115 Å². The SMILES string of the molecule is NC1CC(CC(O)C2CC2)CN(c2ccccc2)C1. The Morgan fingerprint density at radius 1 is 1.21 bits per heavy atom. The smallest absolute Gasteiger partial charge is 0.0571 e. The van der Waals surface area contributed by atoms with Gasteiger partial charge in [0, 0.05) is 24.8 Å². The van der Waals surface area contributed by atoms with Crippen molar-refractivity contribution in [1.82, 2.24) is 0 Å². The summed E-state index contributed by atoms with van der Waals surface area (Å²) in [5.41, 5.74) is 7.45. The molecule has 1 aliphatic carbocycles. The van der Waals surface area contributed by atoms with E-state index in [-0.39, 0.29) is 12.1 Å². The van der Waals surface area contributed by atoms with E-state index >= 15 is 0 Å². The van der Waals surface area contributed by atoms with Gasteiger partial charge < -0.3 is 15.7 Å². The van der Waals surface area contributed by atoms with Gasteiger partial charge in [-0.05, 0) is 49.7 Å². The van der Waals surface area contributed by atoms with Crippen molar-refractivity contribution >= 4 is 5.69 Å². The first-order valence-corrected chi connectivity index (χ1v) is 7.46. The summed E-state index contributed by atoms with van der Waals surface area (Å²) in [6.07, 6.45) is 4.28. The zero-order chi connectivity index (χ0) is 13.2. The Hall–Kier alpha value is -1.06. The standard InChI is InChI=1S/C16H24N2O/c17-14-8-12(9-16(19)13-6-7-13)10-18(11-14)15-4-2-1-3-5-15/h1-5,12-14,16,19H,6-11,17H2. The number of anilines is 1. The van der Waals surface area contributed by atoms with E-state index in [2.05, 4.69) is 29.2 Å². The van der Waals surface area contributed by atoms with Gasteiger partial charge in [0.15, 0.2) is 0 Å². The third kappa shape index (κ3) is 3.28. The van der Waals surface area contributed by atoms with Crippen LogP contribution in [-0.2, 0) is 0 Å². The molecule has 1 saturated carbocycles. The molecule has 0 amide bonds. The van der Waals surface area contributed by atoms with Crippen LogP contribution in [0.4, 0.5) is 5.69 Å². The number of aliphatic hydroxyl groups is 1. The fraction of sp³-hybridized carbons (Fsp3) is 0.625. The summed E-state index contributed by atoms with van der Waals surface area (Å²) in [7, 11) is 0. The van der Waals surface area contributed by atoms with Crippen molar-refractivity contribution in [1.29, 1.82) is 0 Å². The van der Waals surface area contributed by atoms with Gasteiger partial charge in [-0.25, -0.2) is 0 Å². The van der Waals surface area contributed by atoms with Gasteiger partial charge in [-0.1, -0.05) is 18.2 Å². The van der Waals surface area contributed by atoms with Crippen molar-refractivity contribution in [2.24, 2.45) is 17.6 Å². The maximum Gasteiger partial charge on any atom is 0.0571 e. The number of nitrogens with two attached hydrogens (primary N) is 1. The molecule has 1 aromatic rings. The van der Waals surface area contributed by atoms with E-state index in [4.69, 9.17) is 5.73 Å². The average Bonchev–Trinajstić information content (AvgIpc) is 3.23. The van der Waals surface area contributed by atoms with E-state index in [0.717, 1.165) is 25.9 Å². The van der Waals surface area contributed by atoms with Crippen LogP contribution in [0, 0.1) is 11.8 Å². The van der Waals surface area contributed by atoms with Crippen LogP contribution < -0.4 is 10.6 Å². The minimum absolute atomic E-state index is 0.104. The molecule has 3 rings (SSSR count). The predicted molar refractivity (Wildman–Crippen MR) is 78.1 cm³/mol. The summed E-state index contributed by atoms with van der Waals surface area (Å²) in [6, 6.07) is 10.7. The van der Waals surface area contributed by atoms with Gasteiger partial charge in [0.25, 0.3) is 0 Å². The maximum atomic E-state index is 10.1. The van der Waals surface area contributed by atoms with Crippen molar-refractivity contribution in [3.8, 4) is 0 Å². The molecular weight excluding hydrogens is 236 g/mol. The van der Waals surface area contributed by atoms with Crippen LogP contribution >= 0.6 is 0 Å². The minimum atomic E-state index is -0.104. The molecule has 1 saturated heterocycles. The number of benzene rings is 1. The Morgan fingerprint density at radius 2 is 1.95 bits per heavy atom. The van der Waals surface area contributed by atoms with Gasteiger partial charge >= 0.3 is 0 Å². The average molecular weight is 260 g/mol. The van der Waals surface area contributed by atoms with Crippen LogP contribution in [0.1, 0.15) is 25.7 Å². The van der Waals surface area contributed by atoms with Crippen LogP contribution in [0.5, 0.6) is 0 Å². The van der Waals surface area contributed by atoms with Crippen molar-refractivity contribution in [3.05, 3.63) is 30.3 Å². The lowest BCUT2D eigenvalue weighted by molar-refractivity contribution is 0.114. The Balaban J connectivity index is 1.63. The highest BCUT2D eigenvalue weighted by atomic mass is 16.3. The normalized spacial score (nSPS) is 29.3. The van der Waals surface area contributed by atoms with E-state index in [1.807, 2.05) is 6.07 Å². The number of nitrogens with zero attached hydrogens (tertiary/aromatic N) is 1. The van der Waals surface area contributed by atoms with Gasteiger partial charge in [-0.2, -0.15) is 0 Å². The molecule has 19 heavy (non-hydrogen) atoms. The highest BCUT2D eigenvalue weighted by Gasteiger charge is 2.33. The van der Waals surface area contributed by atoms with E-state index in [1.54, 1.807) is 0 Å². The van der Waals surface area contributed by atoms with E-state index in [0.29, 0.717) is 11.8 Å². The lowest BCUT2D eigenvalue weighted by Gasteiger charge is -2.38. The lowest BCUT2D eigenvalue weighted by Crippen LogP contribution is -2.47. The predicted octanol–water partition coefficient (Wildman–Crippen LogP) is 2.00. The van der Waals surface area contributed by atoms with Crippen LogP contribution in [0.15, 0.2) is 30.3 Å². The number of hydrogen-bond acceptors (Lipinski definition) is 3. The Kier molecular flexibility index (Phi) is 3.76. The molecular formula is C16H24N2O. The molecule has 0 radical (unpaired) electrons. The molecule has 0 spiro atoms. The molecule has 1 heterocycles. The van der Waals surface area contributed by atoms with E-state index in [9.17, 15) is 5.11 Å². The number of aliphatic hydroxyl groups excluding tert-OH is 1. The third-order valence-electron chi connectivity index (χ3n) is 4.43. The topological polar surface area (TPSA) is 49.5 Å². The quantitative estimate of drug-likeness (QED) is 0.870. The molecule has 3 atom stereocenters. The number of hydrogen-bond donors (Lipinski definition) is 2. The first-order valence-electron chi connectivity index (χ1n) is 7.46. The summed E-state index contributed by atoms with van der Waals surface area (Å²) >= 11 is 0. The highest BCUT2D eigenvalue weighted by molar-refractivity contribution is 5.46. The van der Waals surface area contributed by atoms with Crippen LogP contribution in [0.25, 0.3) is 0 Å². The molecule has 2 aliphatic rings. The summed E-state index contributed by atoms with van der Waals surface area (Å²) < 4.78 is 0. The molecule has 104 valence electrons. The number of piperidine rings is 1. The molecule has 1 aromatic carbocycles. The van der Waals surface area contributed by atoms with Crippen LogP contribution in [0.2, 0.25) is 0 Å². The summed E-state index contributed by atoms with van der Waals surface area (Å²) in [4.78, 5) is 2.37. The van der Waals surface area contributed by atoms with Gasteiger partial charge in [0.1, 0.15) is 0 Å². The zero-order valence-corrected chi connectivity index (χ0v) is 11.4. The third-order valence-corrected chi connectivity index (χ3v) is 4.43. The fourth-order valence-electron chi connectivity index (χ4n) is 3.28. The molecule has 1 aliphatic heterocycles. The molecule has 3 unspecified atom stereocenters. The van der Waals surface area contributed by atoms with Crippen molar-refractivity contribution < 1.29 is 5.11 Å².